The highest BCUT2D eigenvalue weighted by Crippen LogP contribution is 2.15. The van der Waals surface area contributed by atoms with Crippen LogP contribution in [0, 0.1) is 11.3 Å². The number of carbonyl (C=O) groups is 1. The van der Waals surface area contributed by atoms with Gasteiger partial charge >= 0.3 is 0 Å². The topological polar surface area (TPSA) is 87.0 Å². The Hall–Kier alpha value is -3.33. The molecule has 6 heteroatoms. The average Bonchev–Trinajstić information content (AvgIpc) is 2.63. The average molecular weight is 322 g/mol. The third-order valence-corrected chi connectivity index (χ3v) is 3.09. The molecular weight excluding hydrogens is 304 g/mol. The van der Waals surface area contributed by atoms with Gasteiger partial charge in [0.1, 0.15) is 17.4 Å². The fraction of sp³-hybridized carbons (Fsp3) is 0.167. The molecule has 0 bridgehead atoms. The number of nitriles is 1. The maximum atomic E-state index is 12.0. The zero-order valence-electron chi connectivity index (χ0n) is 13.3. The Morgan fingerprint density at radius 1 is 1.33 bits per heavy atom. The molecule has 0 aliphatic rings. The van der Waals surface area contributed by atoms with Gasteiger partial charge in [0.25, 0.3) is 5.91 Å². The Bertz CT molecular complexity index is 734. The molecule has 24 heavy (non-hydrogen) atoms. The molecular formula is C18H18N4O2. The second-order valence-corrected chi connectivity index (χ2v) is 4.82. The van der Waals surface area contributed by atoms with Crippen molar-refractivity contribution in [2.24, 2.45) is 0 Å². The van der Waals surface area contributed by atoms with E-state index in [1.54, 1.807) is 18.5 Å². The predicted molar refractivity (Wildman–Crippen MR) is 91.0 cm³/mol. The number of hydrogen-bond acceptors (Lipinski definition) is 5. The number of pyridine rings is 1. The first-order valence-electron chi connectivity index (χ1n) is 7.49. The Morgan fingerprint density at radius 2 is 2.12 bits per heavy atom. The summed E-state index contributed by atoms with van der Waals surface area (Å²) in [6, 6.07) is 12.8. The monoisotopic (exact) mass is 322 g/mol. The van der Waals surface area contributed by atoms with Crippen molar-refractivity contribution in [3.05, 3.63) is 66.1 Å². The van der Waals surface area contributed by atoms with Gasteiger partial charge in [-0.15, -0.1) is 0 Å². The van der Waals surface area contributed by atoms with Crippen LogP contribution in [0.4, 0.5) is 5.69 Å². The summed E-state index contributed by atoms with van der Waals surface area (Å²) >= 11 is 0. The number of benzene rings is 1. The van der Waals surface area contributed by atoms with E-state index in [2.05, 4.69) is 15.6 Å². The van der Waals surface area contributed by atoms with Gasteiger partial charge in [-0.2, -0.15) is 5.26 Å². The maximum Gasteiger partial charge on any atom is 0.263 e. The van der Waals surface area contributed by atoms with Crippen molar-refractivity contribution in [1.29, 1.82) is 5.26 Å². The van der Waals surface area contributed by atoms with Gasteiger partial charge in [-0.05, 0) is 42.8 Å². The lowest BCUT2D eigenvalue weighted by molar-refractivity contribution is -0.117. The fourth-order valence-electron chi connectivity index (χ4n) is 1.90. The van der Waals surface area contributed by atoms with Crippen LogP contribution in [-0.2, 0) is 11.3 Å². The van der Waals surface area contributed by atoms with Gasteiger partial charge in [0.15, 0.2) is 0 Å². The highest BCUT2D eigenvalue weighted by Gasteiger charge is 2.08. The minimum atomic E-state index is -0.445. The van der Waals surface area contributed by atoms with Crippen LogP contribution in [0.2, 0.25) is 0 Å². The normalized spacial score (nSPS) is 10.6. The molecule has 122 valence electrons. The van der Waals surface area contributed by atoms with Crippen LogP contribution in [0.3, 0.4) is 0 Å². The molecule has 1 heterocycles. The Balaban J connectivity index is 1.93. The fourth-order valence-corrected chi connectivity index (χ4v) is 1.90. The summed E-state index contributed by atoms with van der Waals surface area (Å²) in [4.78, 5) is 16.0. The summed E-state index contributed by atoms with van der Waals surface area (Å²) in [6.45, 7) is 2.83. The van der Waals surface area contributed by atoms with E-state index in [4.69, 9.17) is 10.00 Å². The summed E-state index contributed by atoms with van der Waals surface area (Å²) in [7, 11) is 0. The Labute approximate surface area is 140 Å². The third kappa shape index (κ3) is 5.14. The van der Waals surface area contributed by atoms with E-state index >= 15 is 0 Å². The summed E-state index contributed by atoms with van der Waals surface area (Å²) < 4.78 is 5.36. The van der Waals surface area contributed by atoms with Gasteiger partial charge in [-0.1, -0.05) is 6.07 Å². The van der Waals surface area contributed by atoms with Gasteiger partial charge in [-0.25, -0.2) is 0 Å². The van der Waals surface area contributed by atoms with Gasteiger partial charge in [0.2, 0.25) is 0 Å². The van der Waals surface area contributed by atoms with E-state index in [0.29, 0.717) is 13.2 Å². The summed E-state index contributed by atoms with van der Waals surface area (Å²) in [5.41, 5.74) is 1.61. The van der Waals surface area contributed by atoms with Crippen LogP contribution in [-0.4, -0.2) is 17.5 Å². The van der Waals surface area contributed by atoms with Crippen molar-refractivity contribution >= 4 is 11.6 Å². The SMILES string of the molecule is CCOc1ccc(N/C=C(/C#N)C(=O)NCc2cccnc2)cc1. The van der Waals surface area contributed by atoms with Crippen molar-refractivity contribution in [3.63, 3.8) is 0 Å². The number of hydrogen-bond donors (Lipinski definition) is 2. The summed E-state index contributed by atoms with van der Waals surface area (Å²) in [6.07, 6.45) is 4.70. The molecule has 2 N–H and O–H groups in total. The van der Waals surface area contributed by atoms with Crippen LogP contribution in [0.25, 0.3) is 0 Å². The molecule has 0 aliphatic carbocycles. The number of amides is 1. The first-order valence-corrected chi connectivity index (χ1v) is 7.49. The lowest BCUT2D eigenvalue weighted by atomic mass is 10.2. The van der Waals surface area contributed by atoms with E-state index in [-0.39, 0.29) is 5.57 Å². The van der Waals surface area contributed by atoms with Crippen molar-refractivity contribution in [2.75, 3.05) is 11.9 Å². The molecule has 2 aromatic rings. The molecule has 1 aromatic heterocycles. The van der Waals surface area contributed by atoms with Crippen LogP contribution < -0.4 is 15.4 Å². The summed E-state index contributed by atoms with van der Waals surface area (Å²) in [5.74, 6) is 0.321. The zero-order valence-corrected chi connectivity index (χ0v) is 13.3. The second-order valence-electron chi connectivity index (χ2n) is 4.82. The third-order valence-electron chi connectivity index (χ3n) is 3.09. The molecule has 0 saturated heterocycles. The maximum absolute atomic E-state index is 12.0. The van der Waals surface area contributed by atoms with Gasteiger partial charge in [0.05, 0.1) is 6.61 Å². The summed E-state index contributed by atoms with van der Waals surface area (Å²) in [5, 5.41) is 14.7. The lowest BCUT2D eigenvalue weighted by Gasteiger charge is -2.06. The second kappa shape index (κ2) is 8.96. The highest BCUT2D eigenvalue weighted by atomic mass is 16.5. The molecule has 6 nitrogen and oxygen atoms in total. The molecule has 0 unspecified atom stereocenters. The van der Waals surface area contributed by atoms with Crippen LogP contribution in [0.5, 0.6) is 5.75 Å². The number of ether oxygens (including phenoxy) is 1. The van der Waals surface area contributed by atoms with Crippen molar-refractivity contribution in [3.8, 4) is 11.8 Å². The van der Waals surface area contributed by atoms with Crippen LogP contribution in [0.1, 0.15) is 12.5 Å². The van der Waals surface area contributed by atoms with E-state index in [1.807, 2.05) is 43.3 Å². The minimum absolute atomic E-state index is 0.00669. The van der Waals surface area contributed by atoms with Gasteiger partial charge < -0.3 is 15.4 Å². The first kappa shape index (κ1) is 17.0. The Kier molecular flexibility index (Phi) is 6.35. The molecule has 0 fully saturated rings. The van der Waals surface area contributed by atoms with Gasteiger partial charge in [0, 0.05) is 30.8 Å². The number of carbonyl (C=O) groups excluding carboxylic acids is 1. The predicted octanol–water partition coefficient (Wildman–Crippen LogP) is 2.62. The molecule has 0 saturated carbocycles. The largest absolute Gasteiger partial charge is 0.494 e. The van der Waals surface area contributed by atoms with Crippen molar-refractivity contribution < 1.29 is 9.53 Å². The van der Waals surface area contributed by atoms with Crippen molar-refractivity contribution in [1.82, 2.24) is 10.3 Å². The first-order chi connectivity index (χ1) is 11.7. The zero-order chi connectivity index (χ0) is 17.2. The number of nitrogens with one attached hydrogen (secondary N) is 2. The van der Waals surface area contributed by atoms with Crippen LogP contribution in [0.15, 0.2) is 60.6 Å². The van der Waals surface area contributed by atoms with E-state index in [0.717, 1.165) is 17.0 Å². The Morgan fingerprint density at radius 3 is 2.75 bits per heavy atom. The standard InChI is InChI=1S/C18H18N4O2/c1-2-24-17-7-5-16(6-8-17)21-13-15(10-19)18(23)22-12-14-4-3-9-20-11-14/h3-9,11,13,21H,2,12H2,1H3,(H,22,23)/b15-13-. The lowest BCUT2D eigenvalue weighted by Crippen LogP contribution is -2.24. The van der Waals surface area contributed by atoms with Crippen LogP contribution >= 0.6 is 0 Å². The van der Waals surface area contributed by atoms with Crippen molar-refractivity contribution in [2.45, 2.75) is 13.5 Å². The van der Waals surface area contributed by atoms with E-state index < -0.39 is 5.91 Å². The molecule has 2 rings (SSSR count). The molecule has 0 aliphatic heterocycles. The number of aromatic nitrogens is 1. The smallest absolute Gasteiger partial charge is 0.263 e. The number of rotatable bonds is 7. The van der Waals surface area contributed by atoms with Gasteiger partial charge in [-0.3, -0.25) is 9.78 Å². The molecule has 0 radical (unpaired) electrons. The highest BCUT2D eigenvalue weighted by molar-refractivity contribution is 5.97. The molecule has 1 aromatic carbocycles. The molecule has 0 atom stereocenters. The molecule has 0 spiro atoms. The number of nitrogens with zero attached hydrogens (tertiary/aromatic N) is 2. The van der Waals surface area contributed by atoms with E-state index in [9.17, 15) is 4.79 Å². The quantitative estimate of drug-likeness (QED) is 0.604. The number of anilines is 1. The minimum Gasteiger partial charge on any atom is -0.494 e. The van der Waals surface area contributed by atoms with E-state index in [1.165, 1.54) is 6.20 Å². The molecule has 1 amide bonds.